The van der Waals surface area contributed by atoms with Gasteiger partial charge >= 0.3 is 5.97 Å². The molecule has 0 bridgehead atoms. The Labute approximate surface area is 197 Å². The number of carbonyl (C=O) groups excluding carboxylic acids is 3. The van der Waals surface area contributed by atoms with E-state index in [0.717, 1.165) is 4.90 Å². The summed E-state index contributed by atoms with van der Waals surface area (Å²) in [5.41, 5.74) is -0.440. The molecular weight excluding hydrogens is 440 g/mol. The van der Waals surface area contributed by atoms with Gasteiger partial charge in [0.2, 0.25) is 11.8 Å². The zero-order valence-electron chi connectivity index (χ0n) is 19.8. The Morgan fingerprint density at radius 3 is 2.35 bits per heavy atom. The molecule has 2 saturated heterocycles. The average Bonchev–Trinajstić information content (AvgIpc) is 3.31. The molecule has 9 heteroatoms. The molecule has 2 aromatic carbocycles. The number of hydrogen-bond donors (Lipinski definition) is 1. The Kier molecular flexibility index (Phi) is 6.22. The lowest BCUT2D eigenvalue weighted by atomic mass is 9.80. The second kappa shape index (κ2) is 8.98. The van der Waals surface area contributed by atoms with Crippen molar-refractivity contribution in [3.8, 4) is 17.2 Å². The highest BCUT2D eigenvalue weighted by Gasteiger charge is 2.67. The number of benzene rings is 2. The van der Waals surface area contributed by atoms with E-state index in [1.165, 1.54) is 21.3 Å². The highest BCUT2D eigenvalue weighted by atomic mass is 16.5. The molecule has 180 valence electrons. The van der Waals surface area contributed by atoms with Crippen LogP contribution in [-0.2, 0) is 19.1 Å². The molecule has 2 fully saturated rings. The van der Waals surface area contributed by atoms with E-state index in [2.05, 4.69) is 5.32 Å². The van der Waals surface area contributed by atoms with E-state index in [0.29, 0.717) is 28.5 Å². The van der Waals surface area contributed by atoms with E-state index in [9.17, 15) is 14.4 Å². The average molecular weight is 469 g/mol. The molecule has 34 heavy (non-hydrogen) atoms. The number of esters is 1. The van der Waals surface area contributed by atoms with Crippen molar-refractivity contribution in [2.24, 2.45) is 11.8 Å². The standard InChI is InChI=1S/C25H28N2O7/c1-6-34-24(30)25(2)20-19(21(26-25)17-13-16(32-4)10-11-18(17)33-5)22(28)27(23(20)29)14-8-7-9-15(12-14)31-3/h7-13,19-21,26H,6H2,1-5H3/t19-,20-,21-,25-/m1/s1. The van der Waals surface area contributed by atoms with Crippen molar-refractivity contribution in [2.45, 2.75) is 25.4 Å². The Morgan fingerprint density at radius 1 is 1.00 bits per heavy atom. The molecule has 2 amide bonds. The van der Waals surface area contributed by atoms with Crippen LogP contribution in [0.25, 0.3) is 0 Å². The molecular formula is C25H28N2O7. The second-order valence-electron chi connectivity index (χ2n) is 8.37. The van der Waals surface area contributed by atoms with E-state index in [1.807, 2.05) is 0 Å². The predicted octanol–water partition coefficient (Wildman–Crippen LogP) is 2.48. The van der Waals surface area contributed by atoms with Crippen molar-refractivity contribution in [1.29, 1.82) is 0 Å². The smallest absolute Gasteiger partial charge is 0.326 e. The fraction of sp³-hybridized carbons (Fsp3) is 0.400. The van der Waals surface area contributed by atoms with E-state index < -0.39 is 41.2 Å². The highest BCUT2D eigenvalue weighted by Crippen LogP contribution is 2.52. The second-order valence-corrected chi connectivity index (χ2v) is 8.37. The molecule has 4 atom stereocenters. The summed E-state index contributed by atoms with van der Waals surface area (Å²) < 4.78 is 21.5. The Morgan fingerprint density at radius 2 is 1.71 bits per heavy atom. The maximum Gasteiger partial charge on any atom is 0.326 e. The third-order valence-corrected chi connectivity index (χ3v) is 6.57. The molecule has 0 radical (unpaired) electrons. The van der Waals surface area contributed by atoms with Crippen molar-refractivity contribution < 1.29 is 33.3 Å². The van der Waals surface area contributed by atoms with Gasteiger partial charge in [-0.15, -0.1) is 0 Å². The van der Waals surface area contributed by atoms with Gasteiger partial charge in [-0.05, 0) is 44.2 Å². The first-order chi connectivity index (χ1) is 16.3. The van der Waals surface area contributed by atoms with Crippen molar-refractivity contribution in [3.05, 3.63) is 48.0 Å². The lowest BCUT2D eigenvalue weighted by Crippen LogP contribution is -2.54. The number of hydrogen-bond acceptors (Lipinski definition) is 8. The molecule has 2 aromatic rings. The van der Waals surface area contributed by atoms with E-state index >= 15 is 0 Å². The first-order valence-electron chi connectivity index (χ1n) is 11.0. The number of nitrogens with one attached hydrogen (secondary N) is 1. The van der Waals surface area contributed by atoms with Crippen LogP contribution in [0, 0.1) is 11.8 Å². The lowest BCUT2D eigenvalue weighted by molar-refractivity contribution is -0.153. The minimum Gasteiger partial charge on any atom is -0.497 e. The summed E-state index contributed by atoms with van der Waals surface area (Å²) in [7, 11) is 4.56. The van der Waals surface area contributed by atoms with Crippen LogP contribution >= 0.6 is 0 Å². The fourth-order valence-electron chi connectivity index (χ4n) is 4.96. The third-order valence-electron chi connectivity index (χ3n) is 6.57. The topological polar surface area (TPSA) is 103 Å². The predicted molar refractivity (Wildman–Crippen MR) is 123 cm³/mol. The summed E-state index contributed by atoms with van der Waals surface area (Å²) in [5, 5.41) is 3.25. The van der Waals surface area contributed by atoms with Crippen LogP contribution in [-0.4, -0.2) is 51.3 Å². The van der Waals surface area contributed by atoms with Gasteiger partial charge in [0.15, 0.2) is 0 Å². The number of imide groups is 1. The van der Waals surface area contributed by atoms with Gasteiger partial charge in [-0.3, -0.25) is 19.7 Å². The van der Waals surface area contributed by atoms with E-state index in [1.54, 1.807) is 56.3 Å². The van der Waals surface area contributed by atoms with E-state index in [-0.39, 0.29) is 6.61 Å². The molecule has 4 rings (SSSR count). The number of fused-ring (bicyclic) bond motifs is 1. The van der Waals surface area contributed by atoms with Crippen molar-refractivity contribution in [2.75, 3.05) is 32.8 Å². The van der Waals surface area contributed by atoms with Crippen molar-refractivity contribution >= 4 is 23.5 Å². The lowest BCUT2D eigenvalue weighted by Gasteiger charge is -2.29. The normalized spacial score (nSPS) is 25.8. The maximum atomic E-state index is 13.8. The van der Waals surface area contributed by atoms with Crippen LogP contribution in [0.5, 0.6) is 17.2 Å². The first-order valence-corrected chi connectivity index (χ1v) is 11.0. The van der Waals surface area contributed by atoms with Crippen LogP contribution in [0.4, 0.5) is 5.69 Å². The summed E-state index contributed by atoms with van der Waals surface area (Å²) in [6.07, 6.45) is 0. The van der Waals surface area contributed by atoms with Gasteiger partial charge < -0.3 is 18.9 Å². The fourth-order valence-corrected chi connectivity index (χ4v) is 4.96. The van der Waals surface area contributed by atoms with Crippen molar-refractivity contribution in [1.82, 2.24) is 5.32 Å². The number of nitrogens with zero attached hydrogens (tertiary/aromatic N) is 1. The molecule has 1 N–H and O–H groups in total. The van der Waals surface area contributed by atoms with Gasteiger partial charge in [-0.1, -0.05) is 6.07 Å². The Bertz CT molecular complexity index is 1130. The number of amides is 2. The van der Waals surface area contributed by atoms with Crippen LogP contribution in [0.2, 0.25) is 0 Å². The zero-order chi connectivity index (χ0) is 24.6. The molecule has 0 spiro atoms. The van der Waals surface area contributed by atoms with Crippen LogP contribution < -0.4 is 24.4 Å². The molecule has 2 aliphatic heterocycles. The number of anilines is 1. The highest BCUT2D eigenvalue weighted by molar-refractivity contribution is 6.24. The van der Waals surface area contributed by atoms with E-state index in [4.69, 9.17) is 18.9 Å². The molecule has 9 nitrogen and oxygen atoms in total. The summed E-state index contributed by atoms with van der Waals surface area (Å²) in [4.78, 5) is 41.8. The molecule has 0 aliphatic carbocycles. The maximum absolute atomic E-state index is 13.8. The van der Waals surface area contributed by atoms with Gasteiger partial charge in [0.05, 0.1) is 45.5 Å². The number of carbonyl (C=O) groups is 3. The molecule has 0 aromatic heterocycles. The minimum absolute atomic E-state index is 0.141. The molecule has 2 aliphatic rings. The molecule has 0 saturated carbocycles. The van der Waals surface area contributed by atoms with Gasteiger partial charge in [0.25, 0.3) is 0 Å². The Hall–Kier alpha value is -3.59. The van der Waals surface area contributed by atoms with Gasteiger partial charge in [0.1, 0.15) is 22.8 Å². The molecule has 0 unspecified atom stereocenters. The summed E-state index contributed by atoms with van der Waals surface area (Å²) in [5.74, 6) is -1.77. The SMILES string of the molecule is CCOC(=O)[C@]1(C)N[C@H](c2cc(OC)ccc2OC)[C@@H]2C(=O)N(c3cccc(OC)c3)C(=O)[C@@H]21. The van der Waals surface area contributed by atoms with Gasteiger partial charge in [0, 0.05) is 17.7 Å². The quantitative estimate of drug-likeness (QED) is 0.488. The van der Waals surface area contributed by atoms with Gasteiger partial charge in [-0.25, -0.2) is 4.90 Å². The summed E-state index contributed by atoms with van der Waals surface area (Å²) >= 11 is 0. The zero-order valence-corrected chi connectivity index (χ0v) is 19.8. The molecule has 2 heterocycles. The Balaban J connectivity index is 1.86. The summed E-state index contributed by atoms with van der Waals surface area (Å²) in [6, 6.07) is 11.2. The van der Waals surface area contributed by atoms with Gasteiger partial charge in [-0.2, -0.15) is 0 Å². The van der Waals surface area contributed by atoms with Crippen LogP contribution in [0.15, 0.2) is 42.5 Å². The third kappa shape index (κ3) is 3.56. The minimum atomic E-state index is -1.43. The summed E-state index contributed by atoms with van der Waals surface area (Å²) in [6.45, 7) is 3.44. The largest absolute Gasteiger partial charge is 0.497 e. The number of rotatable bonds is 7. The van der Waals surface area contributed by atoms with Crippen molar-refractivity contribution in [3.63, 3.8) is 0 Å². The monoisotopic (exact) mass is 468 g/mol. The van der Waals surface area contributed by atoms with Crippen LogP contribution in [0.3, 0.4) is 0 Å². The van der Waals surface area contributed by atoms with Crippen LogP contribution in [0.1, 0.15) is 25.5 Å². The number of ether oxygens (including phenoxy) is 4. The number of methoxy groups -OCH3 is 3. The first kappa shape index (κ1) is 23.6.